The minimum atomic E-state index is -1.44. The van der Waals surface area contributed by atoms with Crippen LogP contribution in [0.25, 0.3) is 0 Å². The molecule has 0 aliphatic carbocycles. The van der Waals surface area contributed by atoms with Gasteiger partial charge in [-0.2, -0.15) is 0 Å². The zero-order valence-corrected chi connectivity index (χ0v) is 57.8. The van der Waals surface area contributed by atoms with Crippen LogP contribution in [0.5, 0.6) is 5.75 Å². The highest BCUT2D eigenvalue weighted by atomic mass is 16.4. The molecule has 0 saturated carbocycles. The normalized spacial score (nSPS) is 15.2. The van der Waals surface area contributed by atoms with E-state index >= 15 is 0 Å². The van der Waals surface area contributed by atoms with Crippen LogP contribution < -0.4 is 93.3 Å². The highest BCUT2D eigenvalue weighted by Crippen LogP contribution is 2.22. The Labute approximate surface area is 583 Å². The molecule has 2 aromatic carbocycles. The maximum atomic E-state index is 14.8. The van der Waals surface area contributed by atoms with E-state index in [0.717, 1.165) is 5.56 Å². The van der Waals surface area contributed by atoms with E-state index in [1.54, 1.807) is 76.2 Å². The third kappa shape index (κ3) is 32.0. The second-order valence-corrected chi connectivity index (χ2v) is 24.9. The number of unbranched alkanes of at least 4 members (excludes halogenated alkanes) is 1. The minimum Gasteiger partial charge on any atom is -0.508 e. The smallest absolute Gasteiger partial charge is 0.326 e. The fraction of sp³-hybridized carbons (Fsp3) is 0.576. The number of nitrogens with two attached hydrogens (primary N) is 7. The quantitative estimate of drug-likeness (QED) is 0.0132. The predicted molar refractivity (Wildman–Crippen MR) is 377 cm³/mol. The van der Waals surface area contributed by atoms with Crippen molar-refractivity contribution >= 4 is 82.9 Å². The lowest BCUT2D eigenvalue weighted by atomic mass is 9.96. The topological polar surface area (TPSA) is 571 Å². The molecule has 554 valence electrons. The summed E-state index contributed by atoms with van der Waals surface area (Å²) in [6.07, 6.45) is 3.77. The molecule has 10 unspecified atom stereocenters. The first-order valence-electron chi connectivity index (χ1n) is 33.8. The van der Waals surface area contributed by atoms with Crippen LogP contribution in [-0.4, -0.2) is 205 Å². The van der Waals surface area contributed by atoms with Crippen molar-refractivity contribution in [3.63, 3.8) is 0 Å². The molecular formula is C66H107N21O13. The SMILES string of the molecule is C=CCNC(Cc1ccc(O)cc1)C(=O)NCC(=O)NCC(=O)NC(Cc1ccccc1)C(=O)NC(CC(C)C)C(=O)NC(CCCN=C(N)N)C(=O)NC(CCCN=C(N)N)C(=O)NC(C(=O)NC(CCCN=C(N)N)C(=O)N1CCCC1C(=O)NC(CCCCN)C(=O)O)C(C)CC. The number of amides is 10. The first kappa shape index (κ1) is 84.1. The average Bonchev–Trinajstić information content (AvgIpc) is 1.63. The number of carbonyl (C=O) groups is 11. The number of hydrogen-bond acceptors (Lipinski definition) is 17. The number of carbonyl (C=O) groups excluding carboxylic acids is 10. The molecule has 2 aromatic rings. The number of carboxylic acid groups (broad SMARTS) is 1. The number of hydrogen-bond donors (Lipinski definition) is 19. The number of guanidine groups is 3. The van der Waals surface area contributed by atoms with E-state index in [0.29, 0.717) is 37.8 Å². The highest BCUT2D eigenvalue weighted by molar-refractivity contribution is 5.99. The van der Waals surface area contributed by atoms with Gasteiger partial charge in [0.2, 0.25) is 59.1 Å². The van der Waals surface area contributed by atoms with Gasteiger partial charge in [-0.05, 0) is 125 Å². The van der Waals surface area contributed by atoms with Crippen LogP contribution in [0.3, 0.4) is 0 Å². The summed E-state index contributed by atoms with van der Waals surface area (Å²) in [5, 5.41) is 46.6. The zero-order valence-electron chi connectivity index (χ0n) is 57.8. The van der Waals surface area contributed by atoms with Gasteiger partial charge in [-0.25, -0.2) is 4.79 Å². The van der Waals surface area contributed by atoms with Gasteiger partial charge in [-0.3, -0.25) is 62.9 Å². The number of phenols is 1. The second-order valence-electron chi connectivity index (χ2n) is 24.9. The van der Waals surface area contributed by atoms with Gasteiger partial charge in [0.1, 0.15) is 54.1 Å². The van der Waals surface area contributed by atoms with Gasteiger partial charge in [0.15, 0.2) is 17.9 Å². The molecule has 10 amide bonds. The lowest BCUT2D eigenvalue weighted by Gasteiger charge is -2.32. The van der Waals surface area contributed by atoms with Crippen LogP contribution in [-0.2, 0) is 65.6 Å². The van der Waals surface area contributed by atoms with Crippen LogP contribution in [0.15, 0.2) is 82.2 Å². The summed E-state index contributed by atoms with van der Waals surface area (Å²) in [6.45, 7) is 10.3. The number of nitrogens with zero attached hydrogens (tertiary/aromatic N) is 4. The summed E-state index contributed by atoms with van der Waals surface area (Å²) < 4.78 is 0. The summed E-state index contributed by atoms with van der Waals surface area (Å²) in [4.78, 5) is 167. The van der Waals surface area contributed by atoms with Crippen LogP contribution in [0, 0.1) is 11.8 Å². The molecule has 34 nitrogen and oxygen atoms in total. The first-order valence-corrected chi connectivity index (χ1v) is 33.8. The molecule has 1 saturated heterocycles. The number of rotatable bonds is 47. The van der Waals surface area contributed by atoms with Crippen molar-refractivity contribution in [3.8, 4) is 5.75 Å². The van der Waals surface area contributed by atoms with Gasteiger partial charge in [0.05, 0.1) is 19.1 Å². The maximum Gasteiger partial charge on any atom is 0.326 e. The van der Waals surface area contributed by atoms with Crippen LogP contribution in [0.4, 0.5) is 0 Å². The number of aromatic hydroxyl groups is 1. The Morgan fingerprint density at radius 1 is 0.570 bits per heavy atom. The Hall–Kier alpha value is -10.1. The first-order chi connectivity index (χ1) is 47.6. The number of carboxylic acids is 1. The summed E-state index contributed by atoms with van der Waals surface area (Å²) >= 11 is 0. The van der Waals surface area contributed by atoms with E-state index in [9.17, 15) is 63.0 Å². The van der Waals surface area contributed by atoms with Gasteiger partial charge in [-0.15, -0.1) is 6.58 Å². The van der Waals surface area contributed by atoms with E-state index in [2.05, 4.69) is 74.7 Å². The Bertz CT molecular complexity index is 3090. The third-order valence-corrected chi connectivity index (χ3v) is 16.3. The number of phenolic OH excluding ortho intramolecular Hbond substituents is 1. The van der Waals surface area contributed by atoms with E-state index in [-0.39, 0.29) is 133 Å². The van der Waals surface area contributed by atoms with E-state index in [1.165, 1.54) is 17.0 Å². The summed E-state index contributed by atoms with van der Waals surface area (Å²) in [5.74, 6) is -10.4. The molecule has 1 aliphatic rings. The minimum absolute atomic E-state index is 0.00143. The summed E-state index contributed by atoms with van der Waals surface area (Å²) in [6, 6.07) is 3.58. The zero-order chi connectivity index (χ0) is 74.3. The second kappa shape index (κ2) is 45.5. The van der Waals surface area contributed by atoms with Crippen molar-refractivity contribution < 1.29 is 63.0 Å². The van der Waals surface area contributed by atoms with Crippen LogP contribution in [0.2, 0.25) is 0 Å². The highest BCUT2D eigenvalue weighted by Gasteiger charge is 2.41. The van der Waals surface area contributed by atoms with Crippen molar-refractivity contribution in [1.29, 1.82) is 0 Å². The molecule has 10 atom stereocenters. The van der Waals surface area contributed by atoms with Crippen molar-refractivity contribution in [2.24, 2.45) is 66.9 Å². The molecule has 3 rings (SSSR count). The molecule has 0 bridgehead atoms. The summed E-state index contributed by atoms with van der Waals surface area (Å²) in [7, 11) is 0. The third-order valence-electron chi connectivity index (χ3n) is 16.3. The number of benzene rings is 2. The predicted octanol–water partition coefficient (Wildman–Crippen LogP) is -3.59. The van der Waals surface area contributed by atoms with Gasteiger partial charge >= 0.3 is 5.97 Å². The van der Waals surface area contributed by atoms with Gasteiger partial charge in [-0.1, -0.05) is 82.7 Å². The Morgan fingerprint density at radius 3 is 1.61 bits per heavy atom. The molecule has 1 aliphatic heterocycles. The largest absolute Gasteiger partial charge is 0.508 e. The monoisotopic (exact) mass is 1400 g/mol. The molecule has 0 aromatic heterocycles. The molecule has 0 spiro atoms. The van der Waals surface area contributed by atoms with Crippen LogP contribution >= 0.6 is 0 Å². The van der Waals surface area contributed by atoms with Crippen LogP contribution in [0.1, 0.15) is 122 Å². The number of aliphatic imine (C=N–C) groups is 3. The molecule has 1 heterocycles. The number of nitrogens with one attached hydrogen (secondary N) is 10. The van der Waals surface area contributed by atoms with Gasteiger partial charge < -0.3 is 108 Å². The average molecular weight is 1400 g/mol. The lowest BCUT2D eigenvalue weighted by molar-refractivity contribution is -0.145. The standard InChI is InChI=1S/C66H107N21O13/c1-6-29-74-48(35-42-24-26-43(88)27-25-42)55(91)79-37-52(89)78-38-53(90)80-50(36-41-17-9-8-10-18-41)59(95)85-49(34-39(3)4)58(94)82-44(20-13-30-75-64(68)69)56(92)81-45(21-14-31-76-65(70)71)57(93)86-54(40(5)7-2)61(97)83-46(22-15-32-77-66(72)73)62(98)87-33-16-23-51(87)60(96)84-47(63(99)100)19-11-12-28-67/h6,8-10,17-18,24-27,39-40,44-51,54,74,88H,1,7,11-16,19-23,28-38,67H2,2-5H3,(H,78,89)(H,79,91)(H,80,90)(H,81,92)(H,82,94)(H,83,97)(H,84,96)(H,85,95)(H,86,93)(H,99,100)(H4,68,69,75)(H4,70,71,76)(H4,72,73,77). The Morgan fingerprint density at radius 2 is 1.07 bits per heavy atom. The number of likely N-dealkylation sites (tertiary alicyclic amines) is 1. The molecule has 100 heavy (non-hydrogen) atoms. The molecular weight excluding hydrogens is 1290 g/mol. The maximum absolute atomic E-state index is 14.8. The van der Waals surface area contributed by atoms with E-state index < -0.39 is 138 Å². The lowest BCUT2D eigenvalue weighted by Crippen LogP contribution is -2.61. The molecule has 1 fully saturated rings. The van der Waals surface area contributed by atoms with E-state index in [4.69, 9.17) is 40.1 Å². The van der Waals surface area contributed by atoms with Crippen molar-refractivity contribution in [2.75, 3.05) is 52.4 Å². The molecule has 34 heteroatoms. The Balaban J connectivity index is 1.93. The number of aliphatic carboxylic acids is 1. The molecule has 26 N–H and O–H groups in total. The van der Waals surface area contributed by atoms with Crippen molar-refractivity contribution in [3.05, 3.63) is 78.4 Å². The van der Waals surface area contributed by atoms with Gasteiger partial charge in [0, 0.05) is 39.1 Å². The fourth-order valence-electron chi connectivity index (χ4n) is 10.8. The van der Waals surface area contributed by atoms with Crippen molar-refractivity contribution in [1.82, 2.24) is 58.1 Å². The fourth-order valence-corrected chi connectivity index (χ4v) is 10.8. The van der Waals surface area contributed by atoms with Gasteiger partial charge in [0.25, 0.3) is 0 Å². The molecule has 0 radical (unpaired) electrons. The Kier molecular flexibility index (Phi) is 38.2. The van der Waals surface area contributed by atoms with Crippen molar-refractivity contribution in [2.45, 2.75) is 178 Å². The summed E-state index contributed by atoms with van der Waals surface area (Å²) in [5.41, 5.74) is 40.6. The van der Waals surface area contributed by atoms with E-state index in [1.807, 2.05) is 0 Å².